The van der Waals surface area contributed by atoms with Crippen LogP contribution in [-0.2, 0) is 0 Å². The first-order valence-electron chi connectivity index (χ1n) is 7.78. The number of hydrogen-bond donors (Lipinski definition) is 1. The zero-order valence-corrected chi connectivity index (χ0v) is 13.1. The molecular formula is C16H32N2. The van der Waals surface area contributed by atoms with Gasteiger partial charge in [0, 0.05) is 31.7 Å². The number of rotatable bonds is 1. The van der Waals surface area contributed by atoms with E-state index in [1.54, 1.807) is 0 Å². The lowest BCUT2D eigenvalue weighted by Crippen LogP contribution is -2.60. The zero-order chi connectivity index (χ0) is 13.4. The molecule has 0 amide bonds. The maximum atomic E-state index is 3.71. The summed E-state index contributed by atoms with van der Waals surface area (Å²) in [7, 11) is 0. The topological polar surface area (TPSA) is 15.3 Å². The Bertz CT molecular complexity index is 277. The summed E-state index contributed by atoms with van der Waals surface area (Å²) < 4.78 is 0. The second kappa shape index (κ2) is 5.13. The molecule has 1 heterocycles. The van der Waals surface area contributed by atoms with Gasteiger partial charge < -0.3 is 5.32 Å². The predicted octanol–water partition coefficient (Wildman–Crippen LogP) is 3.28. The van der Waals surface area contributed by atoms with E-state index in [2.05, 4.69) is 44.8 Å². The first-order valence-corrected chi connectivity index (χ1v) is 7.78. The normalized spacial score (nSPS) is 34.5. The number of nitrogens with one attached hydrogen (secondary N) is 1. The molecule has 0 aromatic heterocycles. The van der Waals surface area contributed by atoms with Gasteiger partial charge in [0.2, 0.25) is 0 Å². The van der Waals surface area contributed by atoms with Crippen LogP contribution in [0.15, 0.2) is 0 Å². The molecule has 18 heavy (non-hydrogen) atoms. The molecular weight excluding hydrogens is 220 g/mol. The van der Waals surface area contributed by atoms with E-state index in [1.165, 1.54) is 38.8 Å². The van der Waals surface area contributed by atoms with Crippen molar-refractivity contribution < 1.29 is 0 Å². The van der Waals surface area contributed by atoms with Gasteiger partial charge in [-0.15, -0.1) is 0 Å². The first kappa shape index (κ1) is 14.3. The Balaban J connectivity index is 2.04. The van der Waals surface area contributed by atoms with Gasteiger partial charge in [0.25, 0.3) is 0 Å². The molecule has 2 rings (SSSR count). The van der Waals surface area contributed by atoms with Crippen LogP contribution in [0.2, 0.25) is 0 Å². The van der Waals surface area contributed by atoms with Crippen molar-refractivity contribution in [3.8, 4) is 0 Å². The van der Waals surface area contributed by atoms with E-state index in [0.717, 1.165) is 12.6 Å². The van der Waals surface area contributed by atoms with Crippen molar-refractivity contribution in [2.24, 2.45) is 10.8 Å². The van der Waals surface area contributed by atoms with Crippen LogP contribution in [-0.4, -0.2) is 36.6 Å². The molecule has 1 saturated carbocycles. The van der Waals surface area contributed by atoms with Gasteiger partial charge in [-0.05, 0) is 23.7 Å². The van der Waals surface area contributed by atoms with Crippen LogP contribution in [0.4, 0.5) is 0 Å². The second-order valence-corrected chi connectivity index (χ2v) is 8.12. The Labute approximate surface area is 114 Å². The summed E-state index contributed by atoms with van der Waals surface area (Å²) >= 11 is 0. The molecule has 106 valence electrons. The van der Waals surface area contributed by atoms with E-state index < -0.39 is 0 Å². The molecule has 2 unspecified atom stereocenters. The van der Waals surface area contributed by atoms with Crippen molar-refractivity contribution in [1.82, 2.24) is 10.2 Å². The number of piperazine rings is 1. The van der Waals surface area contributed by atoms with Gasteiger partial charge in [-0.3, -0.25) is 4.90 Å². The van der Waals surface area contributed by atoms with Crippen molar-refractivity contribution in [2.45, 2.75) is 72.4 Å². The Morgan fingerprint density at radius 2 is 1.89 bits per heavy atom. The first-order chi connectivity index (χ1) is 8.31. The fourth-order valence-corrected chi connectivity index (χ4v) is 3.79. The van der Waals surface area contributed by atoms with Crippen LogP contribution in [0, 0.1) is 10.8 Å². The van der Waals surface area contributed by atoms with Crippen molar-refractivity contribution in [3.05, 3.63) is 0 Å². The molecule has 1 aliphatic heterocycles. The van der Waals surface area contributed by atoms with Crippen molar-refractivity contribution in [1.29, 1.82) is 0 Å². The van der Waals surface area contributed by atoms with E-state index >= 15 is 0 Å². The Morgan fingerprint density at radius 3 is 2.50 bits per heavy atom. The summed E-state index contributed by atoms with van der Waals surface area (Å²) in [6, 6.07) is 1.45. The molecule has 0 aromatic rings. The van der Waals surface area contributed by atoms with Gasteiger partial charge in [-0.25, -0.2) is 0 Å². The SMILES string of the molecule is CC(C)(C)C1CN(C2CCCCC2(C)C)CCN1. The standard InChI is InChI=1S/C16H32N2/c1-15(2,3)13-12-18(11-10-17-13)14-8-6-7-9-16(14,4)5/h13-14,17H,6-12H2,1-5H3. The van der Waals surface area contributed by atoms with Crippen LogP contribution in [0.5, 0.6) is 0 Å². The van der Waals surface area contributed by atoms with Crippen LogP contribution in [0.25, 0.3) is 0 Å². The average Bonchev–Trinajstić information content (AvgIpc) is 2.27. The van der Waals surface area contributed by atoms with Crippen LogP contribution in [0.1, 0.15) is 60.3 Å². The molecule has 0 radical (unpaired) electrons. The Hall–Kier alpha value is -0.0800. The van der Waals surface area contributed by atoms with Gasteiger partial charge in [0.05, 0.1) is 0 Å². The smallest absolute Gasteiger partial charge is 0.0244 e. The van der Waals surface area contributed by atoms with Gasteiger partial charge in [0.15, 0.2) is 0 Å². The summed E-state index contributed by atoms with van der Waals surface area (Å²) in [5.41, 5.74) is 0.884. The molecule has 0 spiro atoms. The van der Waals surface area contributed by atoms with Gasteiger partial charge in [-0.2, -0.15) is 0 Å². The molecule has 0 aromatic carbocycles. The Kier molecular flexibility index (Phi) is 4.08. The quantitative estimate of drug-likeness (QED) is 0.770. The fraction of sp³-hybridized carbons (Fsp3) is 1.00. The lowest BCUT2D eigenvalue weighted by molar-refractivity contribution is 0.0142. The highest BCUT2D eigenvalue weighted by Crippen LogP contribution is 2.39. The molecule has 2 atom stereocenters. The third kappa shape index (κ3) is 3.08. The predicted molar refractivity (Wildman–Crippen MR) is 78.9 cm³/mol. The highest BCUT2D eigenvalue weighted by atomic mass is 15.2. The third-order valence-corrected chi connectivity index (χ3v) is 5.14. The van der Waals surface area contributed by atoms with Crippen LogP contribution >= 0.6 is 0 Å². The van der Waals surface area contributed by atoms with Gasteiger partial charge >= 0.3 is 0 Å². The third-order valence-electron chi connectivity index (χ3n) is 5.14. The van der Waals surface area contributed by atoms with Crippen molar-refractivity contribution in [3.63, 3.8) is 0 Å². The maximum absolute atomic E-state index is 3.71. The summed E-state index contributed by atoms with van der Waals surface area (Å²) in [4.78, 5) is 2.78. The second-order valence-electron chi connectivity index (χ2n) is 8.12. The minimum Gasteiger partial charge on any atom is -0.311 e. The summed E-state index contributed by atoms with van der Waals surface area (Å²) in [6.07, 6.45) is 5.67. The van der Waals surface area contributed by atoms with Gasteiger partial charge in [-0.1, -0.05) is 47.5 Å². The minimum absolute atomic E-state index is 0.372. The summed E-state index contributed by atoms with van der Waals surface area (Å²) in [5, 5.41) is 3.71. The molecule has 2 aliphatic rings. The zero-order valence-electron chi connectivity index (χ0n) is 13.1. The van der Waals surface area contributed by atoms with E-state index in [9.17, 15) is 0 Å². The van der Waals surface area contributed by atoms with E-state index in [-0.39, 0.29) is 0 Å². The molecule has 2 heteroatoms. The summed E-state index contributed by atoms with van der Waals surface area (Å²) in [6.45, 7) is 15.7. The van der Waals surface area contributed by atoms with Crippen LogP contribution in [0.3, 0.4) is 0 Å². The van der Waals surface area contributed by atoms with E-state index in [0.29, 0.717) is 16.9 Å². The molecule has 2 fully saturated rings. The lowest BCUT2D eigenvalue weighted by Gasteiger charge is -2.50. The highest BCUT2D eigenvalue weighted by Gasteiger charge is 2.39. The monoisotopic (exact) mass is 252 g/mol. The number of nitrogens with zero attached hydrogens (tertiary/aromatic N) is 1. The molecule has 2 nitrogen and oxygen atoms in total. The molecule has 0 bridgehead atoms. The maximum Gasteiger partial charge on any atom is 0.0244 e. The van der Waals surface area contributed by atoms with Crippen molar-refractivity contribution in [2.75, 3.05) is 19.6 Å². The lowest BCUT2D eigenvalue weighted by atomic mass is 9.72. The largest absolute Gasteiger partial charge is 0.311 e. The fourth-order valence-electron chi connectivity index (χ4n) is 3.79. The molecule has 1 N–H and O–H groups in total. The van der Waals surface area contributed by atoms with Gasteiger partial charge in [0.1, 0.15) is 0 Å². The van der Waals surface area contributed by atoms with E-state index in [4.69, 9.17) is 0 Å². The van der Waals surface area contributed by atoms with Crippen molar-refractivity contribution >= 4 is 0 Å². The summed E-state index contributed by atoms with van der Waals surface area (Å²) in [5.74, 6) is 0. The van der Waals surface area contributed by atoms with E-state index in [1.807, 2.05) is 0 Å². The average molecular weight is 252 g/mol. The Morgan fingerprint density at radius 1 is 1.17 bits per heavy atom. The highest BCUT2D eigenvalue weighted by molar-refractivity contribution is 4.95. The number of hydrogen-bond acceptors (Lipinski definition) is 2. The molecule has 1 aliphatic carbocycles. The minimum atomic E-state index is 0.372. The molecule has 1 saturated heterocycles. The van der Waals surface area contributed by atoms with Crippen LogP contribution < -0.4 is 5.32 Å².